The molecule has 1 saturated heterocycles. The lowest BCUT2D eigenvalue weighted by molar-refractivity contribution is 0.124. The van der Waals surface area contributed by atoms with Crippen molar-refractivity contribution in [3.63, 3.8) is 0 Å². The number of nitrogens with zero attached hydrogens (tertiary/aromatic N) is 2. The summed E-state index contributed by atoms with van der Waals surface area (Å²) in [5.41, 5.74) is 0. The second-order valence-corrected chi connectivity index (χ2v) is 9.91. The van der Waals surface area contributed by atoms with Gasteiger partial charge in [0.1, 0.15) is 6.61 Å². The summed E-state index contributed by atoms with van der Waals surface area (Å²) < 4.78 is 32.5. The molecule has 0 aliphatic carbocycles. The summed E-state index contributed by atoms with van der Waals surface area (Å²) in [5.74, 6) is 0. The summed E-state index contributed by atoms with van der Waals surface area (Å²) in [6, 6.07) is 6.17. The largest absolute Gasteiger partial charge is 0.448 e. The van der Waals surface area contributed by atoms with Crippen molar-refractivity contribution in [3.8, 4) is 0 Å². The molecule has 1 aromatic rings. The quantitative estimate of drug-likeness (QED) is 0.597. The molecule has 1 heterocycles. The molecule has 9 heteroatoms. The highest BCUT2D eigenvalue weighted by Gasteiger charge is 2.36. The number of rotatable bonds is 10. The maximum atomic E-state index is 12.9. The first-order valence-corrected chi connectivity index (χ1v) is 11.9. The lowest BCUT2D eigenvalue weighted by Crippen LogP contribution is -2.40. The number of hydrogen-bond donors (Lipinski definition) is 1. The van der Waals surface area contributed by atoms with E-state index in [0.717, 1.165) is 25.7 Å². The van der Waals surface area contributed by atoms with Crippen LogP contribution in [0.1, 0.15) is 39.0 Å². The van der Waals surface area contributed by atoms with E-state index < -0.39 is 16.1 Å². The predicted molar refractivity (Wildman–Crippen MR) is 115 cm³/mol. The summed E-state index contributed by atoms with van der Waals surface area (Å²) in [6.45, 7) is 3.13. The van der Waals surface area contributed by atoms with Gasteiger partial charge < -0.3 is 15.0 Å². The maximum Gasteiger partial charge on any atom is 0.407 e. The van der Waals surface area contributed by atoms with Crippen LogP contribution in [0.5, 0.6) is 0 Å². The van der Waals surface area contributed by atoms with Gasteiger partial charge in [-0.25, -0.2) is 13.2 Å². The average Bonchev–Trinajstić information content (AvgIpc) is 3.15. The van der Waals surface area contributed by atoms with Gasteiger partial charge >= 0.3 is 6.09 Å². The molecule has 0 radical (unpaired) electrons. The highest BCUT2D eigenvalue weighted by atomic mass is 35.5. The van der Waals surface area contributed by atoms with Crippen LogP contribution in [0.15, 0.2) is 29.2 Å². The van der Waals surface area contributed by atoms with Crippen molar-refractivity contribution in [3.05, 3.63) is 29.3 Å². The summed E-state index contributed by atoms with van der Waals surface area (Å²) >= 11 is 5.86. The first kappa shape index (κ1) is 23.9. The fraction of sp³-hybridized carbons (Fsp3) is 0.650. The highest BCUT2D eigenvalue weighted by Crippen LogP contribution is 2.27. The number of hydrogen-bond acceptors (Lipinski definition) is 5. The lowest BCUT2D eigenvalue weighted by atomic mass is 10.1. The molecular weight excluding hydrogens is 414 g/mol. The molecule has 1 aliphatic rings. The van der Waals surface area contributed by atoms with Crippen molar-refractivity contribution in [2.45, 2.75) is 56.0 Å². The smallest absolute Gasteiger partial charge is 0.407 e. The molecule has 7 nitrogen and oxygen atoms in total. The Bertz CT molecular complexity index is 755. The molecule has 1 amide bonds. The van der Waals surface area contributed by atoms with Gasteiger partial charge in [-0.05, 0) is 64.0 Å². The van der Waals surface area contributed by atoms with Crippen LogP contribution in [0.2, 0.25) is 5.02 Å². The first-order valence-electron chi connectivity index (χ1n) is 10.1. The van der Waals surface area contributed by atoms with Gasteiger partial charge in [-0.15, -0.1) is 0 Å². The van der Waals surface area contributed by atoms with Crippen molar-refractivity contribution >= 4 is 27.7 Å². The summed E-state index contributed by atoms with van der Waals surface area (Å²) in [6.07, 6.45) is 3.91. The molecular formula is C20H32ClN3O4S. The van der Waals surface area contributed by atoms with Gasteiger partial charge in [0, 0.05) is 24.2 Å². The molecule has 0 bridgehead atoms. The van der Waals surface area contributed by atoms with Crippen LogP contribution in [-0.4, -0.2) is 69.6 Å². The van der Waals surface area contributed by atoms with Crippen LogP contribution in [0.3, 0.4) is 0 Å². The normalized spacial score (nSPS) is 18.7. The topological polar surface area (TPSA) is 79.0 Å². The minimum absolute atomic E-state index is 0.0464. The average molecular weight is 446 g/mol. The molecule has 1 aromatic carbocycles. The SMILES string of the molecule is CCCC(CCNC(=O)OC[C@H]1CCCN1S(=O)(=O)c1ccc(Cl)cc1)N(C)C. The third kappa shape index (κ3) is 6.84. The van der Waals surface area contributed by atoms with Gasteiger partial charge in [0.2, 0.25) is 10.0 Å². The van der Waals surface area contributed by atoms with Gasteiger partial charge in [-0.1, -0.05) is 24.9 Å². The first-order chi connectivity index (χ1) is 13.8. The number of carbonyl (C=O) groups is 1. The van der Waals surface area contributed by atoms with Crippen molar-refractivity contribution in [1.82, 2.24) is 14.5 Å². The van der Waals surface area contributed by atoms with E-state index in [2.05, 4.69) is 17.1 Å². The van der Waals surface area contributed by atoms with E-state index in [4.69, 9.17) is 16.3 Å². The second kappa shape index (κ2) is 11.2. The summed E-state index contributed by atoms with van der Waals surface area (Å²) in [4.78, 5) is 14.4. The van der Waals surface area contributed by atoms with Crippen LogP contribution < -0.4 is 5.32 Å². The van der Waals surface area contributed by atoms with E-state index in [1.807, 2.05) is 14.1 Å². The Morgan fingerprint density at radius 1 is 1.31 bits per heavy atom. The van der Waals surface area contributed by atoms with Gasteiger partial charge in [0.25, 0.3) is 0 Å². The number of carbonyl (C=O) groups excluding carboxylic acids is 1. The minimum Gasteiger partial charge on any atom is -0.448 e. The number of alkyl carbamates (subject to hydrolysis) is 1. The molecule has 1 unspecified atom stereocenters. The summed E-state index contributed by atoms with van der Waals surface area (Å²) in [7, 11) is 0.433. The Kier molecular flexibility index (Phi) is 9.20. The Balaban J connectivity index is 1.84. The number of benzene rings is 1. The Morgan fingerprint density at radius 3 is 2.62 bits per heavy atom. The van der Waals surface area contributed by atoms with Gasteiger partial charge in [-0.3, -0.25) is 0 Å². The number of sulfonamides is 1. The number of ether oxygens (including phenoxy) is 1. The van der Waals surface area contributed by atoms with E-state index in [-0.39, 0.29) is 17.5 Å². The molecule has 1 fully saturated rings. The molecule has 0 aromatic heterocycles. The standard InChI is InChI=1S/C20H32ClN3O4S/c1-4-6-17(23(2)3)12-13-22-20(25)28-15-18-7-5-14-24(18)29(26,27)19-10-8-16(21)9-11-19/h8-11,17-18H,4-7,12-15H2,1-3H3,(H,22,25)/t17?,18-/m1/s1. The zero-order valence-corrected chi connectivity index (χ0v) is 19.0. The maximum absolute atomic E-state index is 12.9. The molecule has 164 valence electrons. The van der Waals surface area contributed by atoms with Crippen molar-refractivity contribution < 1.29 is 17.9 Å². The Morgan fingerprint density at radius 2 is 2.00 bits per heavy atom. The third-order valence-corrected chi connectivity index (χ3v) is 7.47. The van der Waals surface area contributed by atoms with Crippen LogP contribution in [0.4, 0.5) is 4.79 Å². The predicted octanol–water partition coefficient (Wildman–Crippen LogP) is 3.34. The monoisotopic (exact) mass is 445 g/mol. The molecule has 2 rings (SSSR count). The van der Waals surface area contributed by atoms with Crippen LogP contribution in [-0.2, 0) is 14.8 Å². The van der Waals surface area contributed by atoms with Gasteiger partial charge in [0.05, 0.1) is 10.9 Å². The third-order valence-electron chi connectivity index (χ3n) is 5.25. The van der Waals surface area contributed by atoms with E-state index in [1.54, 1.807) is 12.1 Å². The van der Waals surface area contributed by atoms with E-state index in [9.17, 15) is 13.2 Å². The van der Waals surface area contributed by atoms with Crippen molar-refractivity contribution in [2.24, 2.45) is 0 Å². The van der Waals surface area contributed by atoms with Crippen molar-refractivity contribution in [1.29, 1.82) is 0 Å². The van der Waals surface area contributed by atoms with E-state index in [0.29, 0.717) is 30.6 Å². The zero-order chi connectivity index (χ0) is 21.4. The van der Waals surface area contributed by atoms with E-state index >= 15 is 0 Å². The Hall–Kier alpha value is -1.35. The Labute approximate surface area is 179 Å². The number of halogens is 1. The second-order valence-electron chi connectivity index (χ2n) is 7.59. The number of nitrogens with one attached hydrogen (secondary N) is 1. The molecule has 29 heavy (non-hydrogen) atoms. The molecule has 1 aliphatic heterocycles. The van der Waals surface area contributed by atoms with Gasteiger partial charge in [0.15, 0.2) is 0 Å². The fourth-order valence-electron chi connectivity index (χ4n) is 3.59. The van der Waals surface area contributed by atoms with E-state index in [1.165, 1.54) is 16.4 Å². The van der Waals surface area contributed by atoms with Gasteiger partial charge in [-0.2, -0.15) is 4.31 Å². The molecule has 0 saturated carbocycles. The molecule has 0 spiro atoms. The van der Waals surface area contributed by atoms with Crippen LogP contribution in [0.25, 0.3) is 0 Å². The van der Waals surface area contributed by atoms with Crippen molar-refractivity contribution in [2.75, 3.05) is 33.8 Å². The molecule has 2 atom stereocenters. The fourth-order valence-corrected chi connectivity index (χ4v) is 5.40. The van der Waals surface area contributed by atoms with Crippen LogP contribution in [0, 0.1) is 0 Å². The summed E-state index contributed by atoms with van der Waals surface area (Å²) in [5, 5.41) is 3.26. The zero-order valence-electron chi connectivity index (χ0n) is 17.4. The highest BCUT2D eigenvalue weighted by molar-refractivity contribution is 7.89. The number of amides is 1. The lowest BCUT2D eigenvalue weighted by Gasteiger charge is -2.25. The van der Waals surface area contributed by atoms with Crippen LogP contribution >= 0.6 is 11.6 Å². The minimum atomic E-state index is -3.64. The molecule has 1 N–H and O–H groups in total.